The third-order valence-electron chi connectivity index (χ3n) is 2.76. The van der Waals surface area contributed by atoms with Gasteiger partial charge in [-0.2, -0.15) is 0 Å². The molecule has 0 aliphatic heterocycles. The van der Waals surface area contributed by atoms with Crippen molar-refractivity contribution in [3.8, 4) is 0 Å². The molecule has 1 nitrogen and oxygen atoms in total. The van der Waals surface area contributed by atoms with Gasteiger partial charge in [-0.15, -0.1) is 0 Å². The summed E-state index contributed by atoms with van der Waals surface area (Å²) in [7, 11) is 2.02. The van der Waals surface area contributed by atoms with E-state index < -0.39 is 0 Å². The molecule has 1 heteroatoms. The fraction of sp³-hybridized carbons (Fsp3) is 1.00. The van der Waals surface area contributed by atoms with Crippen LogP contribution in [0.1, 0.15) is 34.1 Å². The Bertz CT molecular complexity index is 86.7. The van der Waals surface area contributed by atoms with Crippen molar-refractivity contribution in [2.24, 2.45) is 11.3 Å². The summed E-state index contributed by atoms with van der Waals surface area (Å²) in [4.78, 5) is 0. The average molecular weight is 143 g/mol. The summed E-state index contributed by atoms with van der Waals surface area (Å²) >= 11 is 0. The highest BCUT2D eigenvalue weighted by Gasteiger charge is 2.22. The van der Waals surface area contributed by atoms with E-state index in [0.717, 1.165) is 12.5 Å². The Kier molecular flexibility index (Phi) is 3.95. The SMILES string of the molecule is CCC(C)(C)[C@@H](C)CNC. The fourth-order valence-corrected chi connectivity index (χ4v) is 0.931. The van der Waals surface area contributed by atoms with Gasteiger partial charge >= 0.3 is 0 Å². The zero-order valence-electron chi connectivity index (χ0n) is 7.99. The van der Waals surface area contributed by atoms with Gasteiger partial charge in [0.05, 0.1) is 0 Å². The van der Waals surface area contributed by atoms with Gasteiger partial charge in [0.15, 0.2) is 0 Å². The van der Waals surface area contributed by atoms with Crippen molar-refractivity contribution in [3.05, 3.63) is 0 Å². The molecule has 0 fully saturated rings. The molecule has 1 N–H and O–H groups in total. The zero-order chi connectivity index (χ0) is 8.20. The molecule has 62 valence electrons. The van der Waals surface area contributed by atoms with E-state index in [4.69, 9.17) is 0 Å². The second-order valence-corrected chi connectivity index (χ2v) is 3.80. The van der Waals surface area contributed by atoms with Crippen molar-refractivity contribution in [2.75, 3.05) is 13.6 Å². The molecule has 0 unspecified atom stereocenters. The Morgan fingerprint density at radius 1 is 1.40 bits per heavy atom. The van der Waals surface area contributed by atoms with Crippen LogP contribution in [0.2, 0.25) is 0 Å². The monoisotopic (exact) mass is 143 g/mol. The van der Waals surface area contributed by atoms with Crippen LogP contribution < -0.4 is 5.32 Å². The minimum atomic E-state index is 0.489. The maximum absolute atomic E-state index is 3.21. The molecule has 1 atom stereocenters. The van der Waals surface area contributed by atoms with Crippen molar-refractivity contribution in [2.45, 2.75) is 34.1 Å². The van der Waals surface area contributed by atoms with E-state index in [1.807, 2.05) is 7.05 Å². The molecule has 0 aliphatic rings. The summed E-state index contributed by atoms with van der Waals surface area (Å²) in [5, 5.41) is 3.21. The highest BCUT2D eigenvalue weighted by Crippen LogP contribution is 2.29. The van der Waals surface area contributed by atoms with Gasteiger partial charge in [0, 0.05) is 0 Å². The molecular formula is C9H21N. The molecule has 0 aromatic heterocycles. The maximum Gasteiger partial charge on any atom is -0.00211 e. The standard InChI is InChI=1S/C9H21N/c1-6-9(3,4)8(2)7-10-5/h8,10H,6-7H2,1-5H3/t8-/m0/s1. The average Bonchev–Trinajstić information content (AvgIpc) is 1.89. The Morgan fingerprint density at radius 2 is 1.90 bits per heavy atom. The van der Waals surface area contributed by atoms with Crippen LogP contribution in [0.25, 0.3) is 0 Å². The highest BCUT2D eigenvalue weighted by molar-refractivity contribution is 4.74. The van der Waals surface area contributed by atoms with Crippen molar-refractivity contribution >= 4 is 0 Å². The second kappa shape index (κ2) is 3.97. The first kappa shape index (κ1) is 9.96. The highest BCUT2D eigenvalue weighted by atomic mass is 14.8. The molecule has 0 rings (SSSR count). The zero-order valence-corrected chi connectivity index (χ0v) is 7.99. The molecule has 0 bridgehead atoms. The van der Waals surface area contributed by atoms with Crippen molar-refractivity contribution in [1.29, 1.82) is 0 Å². The molecule has 0 heterocycles. The Balaban J connectivity index is 3.78. The molecular weight excluding hydrogens is 122 g/mol. The molecule has 0 amide bonds. The number of hydrogen-bond donors (Lipinski definition) is 1. The van der Waals surface area contributed by atoms with E-state index in [-0.39, 0.29) is 0 Å². The molecule has 10 heavy (non-hydrogen) atoms. The van der Waals surface area contributed by atoms with Crippen molar-refractivity contribution in [3.63, 3.8) is 0 Å². The van der Waals surface area contributed by atoms with Gasteiger partial charge < -0.3 is 5.32 Å². The lowest BCUT2D eigenvalue weighted by Crippen LogP contribution is -2.29. The maximum atomic E-state index is 3.21. The largest absolute Gasteiger partial charge is 0.319 e. The van der Waals surface area contributed by atoms with Crippen LogP contribution in [0.4, 0.5) is 0 Å². The molecule has 0 aliphatic carbocycles. The van der Waals surface area contributed by atoms with E-state index in [0.29, 0.717) is 5.41 Å². The summed E-state index contributed by atoms with van der Waals surface area (Å²) in [6, 6.07) is 0. The van der Waals surface area contributed by atoms with Gasteiger partial charge in [-0.1, -0.05) is 34.1 Å². The van der Waals surface area contributed by atoms with E-state index in [9.17, 15) is 0 Å². The minimum Gasteiger partial charge on any atom is -0.319 e. The molecule has 0 saturated carbocycles. The van der Waals surface area contributed by atoms with Crippen LogP contribution >= 0.6 is 0 Å². The summed E-state index contributed by atoms with van der Waals surface area (Å²) in [5.74, 6) is 0.766. The van der Waals surface area contributed by atoms with E-state index in [1.54, 1.807) is 0 Å². The Labute approximate surface area is 65.2 Å². The molecule has 0 aromatic carbocycles. The van der Waals surface area contributed by atoms with Gasteiger partial charge in [-0.3, -0.25) is 0 Å². The second-order valence-electron chi connectivity index (χ2n) is 3.80. The molecule has 0 aromatic rings. The lowest BCUT2D eigenvalue weighted by Gasteiger charge is -2.30. The summed E-state index contributed by atoms with van der Waals surface area (Å²) in [6.45, 7) is 10.3. The lowest BCUT2D eigenvalue weighted by molar-refractivity contribution is 0.219. The molecule has 0 saturated heterocycles. The van der Waals surface area contributed by atoms with Gasteiger partial charge in [-0.05, 0) is 24.9 Å². The molecule has 0 radical (unpaired) electrons. The van der Waals surface area contributed by atoms with Crippen LogP contribution in [0.15, 0.2) is 0 Å². The van der Waals surface area contributed by atoms with Crippen molar-refractivity contribution < 1.29 is 0 Å². The number of nitrogens with one attached hydrogen (secondary N) is 1. The lowest BCUT2D eigenvalue weighted by atomic mass is 9.78. The topological polar surface area (TPSA) is 12.0 Å². The predicted molar refractivity (Wildman–Crippen MR) is 47.2 cm³/mol. The van der Waals surface area contributed by atoms with E-state index in [2.05, 4.69) is 33.0 Å². The Morgan fingerprint density at radius 3 is 2.20 bits per heavy atom. The first-order valence-electron chi connectivity index (χ1n) is 4.19. The predicted octanol–water partition coefficient (Wildman–Crippen LogP) is 2.28. The van der Waals surface area contributed by atoms with Crippen LogP contribution in [0.3, 0.4) is 0 Å². The van der Waals surface area contributed by atoms with Crippen LogP contribution in [-0.2, 0) is 0 Å². The Hall–Kier alpha value is -0.0400. The summed E-state index contributed by atoms with van der Waals surface area (Å²) in [5.41, 5.74) is 0.489. The van der Waals surface area contributed by atoms with Gasteiger partial charge in [0.2, 0.25) is 0 Å². The quantitative estimate of drug-likeness (QED) is 0.636. The van der Waals surface area contributed by atoms with Crippen molar-refractivity contribution in [1.82, 2.24) is 5.32 Å². The van der Waals surface area contributed by atoms with Gasteiger partial charge in [-0.25, -0.2) is 0 Å². The number of rotatable bonds is 4. The van der Waals surface area contributed by atoms with Gasteiger partial charge in [0.1, 0.15) is 0 Å². The summed E-state index contributed by atoms with van der Waals surface area (Å²) < 4.78 is 0. The first-order valence-corrected chi connectivity index (χ1v) is 4.19. The smallest absolute Gasteiger partial charge is 0.00211 e. The first-order chi connectivity index (χ1) is 4.54. The van der Waals surface area contributed by atoms with Crippen LogP contribution in [-0.4, -0.2) is 13.6 Å². The van der Waals surface area contributed by atoms with Crippen LogP contribution in [0.5, 0.6) is 0 Å². The van der Waals surface area contributed by atoms with Crippen LogP contribution in [0, 0.1) is 11.3 Å². The normalized spacial score (nSPS) is 15.3. The van der Waals surface area contributed by atoms with E-state index in [1.165, 1.54) is 6.42 Å². The van der Waals surface area contributed by atoms with E-state index >= 15 is 0 Å². The fourth-order valence-electron chi connectivity index (χ4n) is 0.931. The number of hydrogen-bond acceptors (Lipinski definition) is 1. The minimum absolute atomic E-state index is 0.489. The third kappa shape index (κ3) is 2.70. The summed E-state index contributed by atoms with van der Waals surface area (Å²) in [6.07, 6.45) is 1.26. The van der Waals surface area contributed by atoms with Gasteiger partial charge in [0.25, 0.3) is 0 Å². The third-order valence-corrected chi connectivity index (χ3v) is 2.76. The molecule has 0 spiro atoms.